The topological polar surface area (TPSA) is 120 Å². The Morgan fingerprint density at radius 3 is 1.97 bits per heavy atom. The number of hydrogen-bond donors (Lipinski definition) is 5. The summed E-state index contributed by atoms with van der Waals surface area (Å²) < 4.78 is 11.4. The van der Waals surface area contributed by atoms with Gasteiger partial charge in [-0.15, -0.1) is 0 Å². The van der Waals surface area contributed by atoms with E-state index < -0.39 is 24.6 Å². The van der Waals surface area contributed by atoms with Gasteiger partial charge >= 0.3 is 0 Å². The molecule has 0 amide bonds. The van der Waals surface area contributed by atoms with Gasteiger partial charge in [0.15, 0.2) is 6.29 Å². The van der Waals surface area contributed by atoms with Crippen molar-refractivity contribution in [2.45, 2.75) is 69.2 Å². The van der Waals surface area contributed by atoms with Gasteiger partial charge in [0.05, 0.1) is 12.7 Å². The zero-order chi connectivity index (χ0) is 22.2. The summed E-state index contributed by atoms with van der Waals surface area (Å²) in [7, 11) is 0. The zero-order valence-electron chi connectivity index (χ0n) is 17.5. The quantitative estimate of drug-likeness (QED) is 0.365. The van der Waals surface area contributed by atoms with Gasteiger partial charge in [0.2, 0.25) is 0 Å². The lowest BCUT2D eigenvalue weighted by Gasteiger charge is -2.36. The molecule has 7 nitrogen and oxygen atoms in total. The van der Waals surface area contributed by atoms with Crippen LogP contribution >= 0.6 is 0 Å². The van der Waals surface area contributed by atoms with E-state index in [1.807, 2.05) is 24.3 Å². The third-order valence-electron chi connectivity index (χ3n) is 5.65. The highest BCUT2D eigenvalue weighted by Gasteiger charge is 2.39. The molecule has 2 aromatic rings. The molecule has 7 heteroatoms. The number of unbranched alkanes of at least 4 members (excludes halogenated alkanes) is 1. The number of ether oxygens (including phenoxy) is 2. The van der Waals surface area contributed by atoms with Crippen molar-refractivity contribution in [2.75, 3.05) is 6.61 Å². The number of benzene rings is 2. The van der Waals surface area contributed by atoms with Gasteiger partial charge in [0.25, 0.3) is 0 Å². The molecule has 0 unspecified atom stereocenters. The second-order valence-electron chi connectivity index (χ2n) is 8.13. The van der Waals surface area contributed by atoms with Crippen molar-refractivity contribution < 1.29 is 35.0 Å². The predicted octanol–water partition coefficient (Wildman–Crippen LogP) is 2.27. The molecule has 2 aromatic carbocycles. The van der Waals surface area contributed by atoms with E-state index in [-0.39, 0.29) is 24.2 Å². The van der Waals surface area contributed by atoms with E-state index in [0.717, 1.165) is 43.2 Å². The van der Waals surface area contributed by atoms with Crippen molar-refractivity contribution in [2.24, 2.45) is 0 Å². The van der Waals surface area contributed by atoms with Crippen LogP contribution in [-0.2, 0) is 22.3 Å². The lowest BCUT2D eigenvalue weighted by molar-refractivity contribution is -0.283. The molecular weight excluding hydrogens is 400 g/mol. The molecule has 170 valence electrons. The first-order valence-corrected chi connectivity index (χ1v) is 10.8. The molecule has 1 fully saturated rings. The smallest absolute Gasteiger partial charge is 0.186 e. The van der Waals surface area contributed by atoms with Crippen LogP contribution in [0, 0.1) is 0 Å². The number of phenols is 2. The third kappa shape index (κ3) is 7.19. The lowest BCUT2D eigenvalue weighted by Crippen LogP contribution is -2.54. The van der Waals surface area contributed by atoms with Crippen LogP contribution in [0.1, 0.15) is 36.8 Å². The van der Waals surface area contributed by atoms with Crippen LogP contribution in [0.5, 0.6) is 11.5 Å². The van der Waals surface area contributed by atoms with Gasteiger partial charge in [-0.1, -0.05) is 30.7 Å². The average Bonchev–Trinajstić information content (AvgIpc) is 2.77. The predicted molar refractivity (Wildman–Crippen MR) is 115 cm³/mol. The van der Waals surface area contributed by atoms with Crippen molar-refractivity contribution in [1.29, 1.82) is 0 Å². The summed E-state index contributed by atoms with van der Waals surface area (Å²) >= 11 is 0. The molecule has 31 heavy (non-hydrogen) atoms. The summed E-state index contributed by atoms with van der Waals surface area (Å²) in [6, 6.07) is 14.2. The average molecular weight is 433 g/mol. The molecule has 1 aliphatic heterocycles. The molecule has 0 aromatic heterocycles. The summed E-state index contributed by atoms with van der Waals surface area (Å²) in [5.41, 5.74) is 2.22. The molecule has 5 N–H and O–H groups in total. The molecular formula is C24H32O7. The molecule has 1 saturated heterocycles. The Kier molecular flexibility index (Phi) is 8.69. The van der Waals surface area contributed by atoms with Crippen LogP contribution in [0.3, 0.4) is 0 Å². The SMILES string of the molecule is Oc1ccc(CCCC[C@H](CCc2ccc(O)cc2)O[C@@H]2OC[C@@H](O)[C@H](O)[C@H]2O)cc1. The normalized spacial score (nSPS) is 24.7. The summed E-state index contributed by atoms with van der Waals surface area (Å²) in [5, 5.41) is 48.6. The minimum Gasteiger partial charge on any atom is -0.508 e. The Morgan fingerprint density at radius 1 is 0.774 bits per heavy atom. The van der Waals surface area contributed by atoms with Crippen LogP contribution in [0.15, 0.2) is 48.5 Å². The van der Waals surface area contributed by atoms with Gasteiger partial charge in [0.1, 0.15) is 29.8 Å². The Hall–Kier alpha value is -2.16. The summed E-state index contributed by atoms with van der Waals surface area (Å²) in [5.74, 6) is 0.474. The van der Waals surface area contributed by atoms with E-state index >= 15 is 0 Å². The highest BCUT2D eigenvalue weighted by atomic mass is 16.7. The molecule has 0 bridgehead atoms. The lowest BCUT2D eigenvalue weighted by atomic mass is 10.00. The van der Waals surface area contributed by atoms with Crippen molar-refractivity contribution >= 4 is 0 Å². The largest absolute Gasteiger partial charge is 0.508 e. The molecule has 1 heterocycles. The monoisotopic (exact) mass is 432 g/mol. The van der Waals surface area contributed by atoms with Gasteiger partial charge in [-0.05, 0) is 67.5 Å². The second-order valence-corrected chi connectivity index (χ2v) is 8.13. The fourth-order valence-corrected chi connectivity index (χ4v) is 3.72. The highest BCUT2D eigenvalue weighted by Crippen LogP contribution is 2.23. The number of phenolic OH excluding ortho intramolecular Hbond substituents is 2. The fraction of sp³-hybridized carbons (Fsp3) is 0.500. The van der Waals surface area contributed by atoms with Gasteiger partial charge < -0.3 is 35.0 Å². The second kappa shape index (κ2) is 11.5. The maximum Gasteiger partial charge on any atom is 0.186 e. The summed E-state index contributed by atoms with van der Waals surface area (Å²) in [6.07, 6.45) is -0.0186. The van der Waals surface area contributed by atoms with Gasteiger partial charge in [-0.3, -0.25) is 0 Å². The Bertz CT molecular complexity index is 778. The first-order valence-electron chi connectivity index (χ1n) is 10.8. The molecule has 5 atom stereocenters. The first-order chi connectivity index (χ1) is 14.9. The van der Waals surface area contributed by atoms with Crippen LogP contribution in [-0.4, -0.2) is 62.8 Å². The molecule has 0 spiro atoms. The van der Waals surface area contributed by atoms with Crippen molar-refractivity contribution in [3.8, 4) is 11.5 Å². The summed E-state index contributed by atoms with van der Waals surface area (Å²) in [6.45, 7) is -0.0889. The van der Waals surface area contributed by atoms with Crippen LogP contribution in [0.2, 0.25) is 0 Å². The molecule has 0 saturated carbocycles. The van der Waals surface area contributed by atoms with E-state index in [0.29, 0.717) is 6.42 Å². The van der Waals surface area contributed by atoms with Gasteiger partial charge in [-0.2, -0.15) is 0 Å². The Morgan fingerprint density at radius 2 is 1.35 bits per heavy atom. The van der Waals surface area contributed by atoms with E-state index in [9.17, 15) is 25.5 Å². The molecule has 0 aliphatic carbocycles. The first kappa shape index (κ1) is 23.5. The van der Waals surface area contributed by atoms with Crippen LogP contribution in [0.25, 0.3) is 0 Å². The highest BCUT2D eigenvalue weighted by molar-refractivity contribution is 5.26. The fourth-order valence-electron chi connectivity index (χ4n) is 3.72. The van der Waals surface area contributed by atoms with E-state index in [4.69, 9.17) is 9.47 Å². The Labute approximate surface area is 182 Å². The maximum absolute atomic E-state index is 10.2. The summed E-state index contributed by atoms with van der Waals surface area (Å²) in [4.78, 5) is 0. The standard InChI is InChI=1S/C24H32O7/c25-18-10-5-16(6-11-18)3-1-2-4-20(14-9-17-7-12-19(26)13-8-17)31-24-23(29)22(28)21(27)15-30-24/h5-8,10-13,20-29H,1-4,9,14-15H2/t20-,21-,22+,23-,24+/m1/s1. The van der Waals surface area contributed by atoms with Crippen LogP contribution < -0.4 is 0 Å². The van der Waals surface area contributed by atoms with E-state index in [1.54, 1.807) is 24.3 Å². The number of rotatable bonds is 10. The van der Waals surface area contributed by atoms with Crippen molar-refractivity contribution in [3.05, 3.63) is 59.7 Å². The van der Waals surface area contributed by atoms with E-state index in [1.165, 1.54) is 0 Å². The van der Waals surface area contributed by atoms with Crippen molar-refractivity contribution in [3.63, 3.8) is 0 Å². The van der Waals surface area contributed by atoms with Crippen molar-refractivity contribution in [1.82, 2.24) is 0 Å². The minimum atomic E-state index is -1.31. The molecule has 0 radical (unpaired) electrons. The third-order valence-corrected chi connectivity index (χ3v) is 5.65. The van der Waals surface area contributed by atoms with Gasteiger partial charge in [-0.25, -0.2) is 0 Å². The Balaban J connectivity index is 1.53. The van der Waals surface area contributed by atoms with Crippen LogP contribution in [0.4, 0.5) is 0 Å². The molecule has 1 aliphatic rings. The molecule has 3 rings (SSSR count). The zero-order valence-corrected chi connectivity index (χ0v) is 17.5. The van der Waals surface area contributed by atoms with E-state index in [2.05, 4.69) is 0 Å². The maximum atomic E-state index is 10.2. The number of aryl methyl sites for hydroxylation is 2. The van der Waals surface area contributed by atoms with Gasteiger partial charge in [0, 0.05) is 0 Å². The number of aliphatic hydroxyl groups is 3. The number of hydrogen-bond acceptors (Lipinski definition) is 7. The number of aromatic hydroxyl groups is 2. The minimum absolute atomic E-state index is 0.0889. The number of aliphatic hydroxyl groups excluding tert-OH is 3.